The number of halogens is 3. The fourth-order valence-corrected chi connectivity index (χ4v) is 8.17. The van der Waals surface area contributed by atoms with E-state index in [1.165, 1.54) is 29.0 Å². The lowest BCUT2D eigenvalue weighted by molar-refractivity contribution is -0.137. The molecular weight excluding hydrogens is 762 g/mol. The summed E-state index contributed by atoms with van der Waals surface area (Å²) in [5, 5.41) is 10.9. The molecule has 56 heavy (non-hydrogen) atoms. The molecule has 0 spiro atoms. The predicted molar refractivity (Wildman–Crippen MR) is 214 cm³/mol. The number of alkyl halides is 3. The van der Waals surface area contributed by atoms with E-state index in [0.29, 0.717) is 37.3 Å². The molecule has 0 bridgehead atoms. The van der Waals surface area contributed by atoms with Crippen molar-refractivity contribution in [2.24, 2.45) is 0 Å². The minimum atomic E-state index is -4.85. The zero-order valence-electron chi connectivity index (χ0n) is 31.1. The van der Waals surface area contributed by atoms with Crippen LogP contribution in [0.15, 0.2) is 113 Å². The predicted octanol–water partition coefficient (Wildman–Crippen LogP) is 7.77. The number of carbonyl (C=O) groups is 1. The molecule has 0 saturated carbocycles. The Bertz CT molecular complexity index is 2220. The van der Waals surface area contributed by atoms with E-state index < -0.39 is 32.6 Å². The maximum Gasteiger partial charge on any atom is 0.418 e. The number of aryl methyl sites for hydroxylation is 1. The van der Waals surface area contributed by atoms with E-state index in [4.69, 9.17) is 4.74 Å². The van der Waals surface area contributed by atoms with Crippen LogP contribution in [0.4, 0.5) is 24.7 Å². The molecule has 5 aromatic rings. The smallest absolute Gasteiger partial charge is 0.418 e. The Morgan fingerprint density at radius 2 is 1.61 bits per heavy atom. The lowest BCUT2D eigenvalue weighted by Crippen LogP contribution is -2.46. The Balaban J connectivity index is 1.03. The third-order valence-corrected chi connectivity index (χ3v) is 11.6. The Hall–Kier alpha value is -5.12. The first-order valence-electron chi connectivity index (χ1n) is 18.3. The molecule has 0 aliphatic carbocycles. The molecule has 0 atom stereocenters. The van der Waals surface area contributed by atoms with Gasteiger partial charge in [-0.2, -0.15) is 13.2 Å². The number of piperazine rings is 1. The zero-order chi connectivity index (χ0) is 39.7. The zero-order valence-corrected chi connectivity index (χ0v) is 32.7. The molecule has 2 N–H and O–H groups in total. The average molecular weight is 805 g/mol. The number of hydrogen-bond acceptors (Lipinski definition) is 10. The van der Waals surface area contributed by atoms with Gasteiger partial charge in [0.05, 0.1) is 17.1 Å². The van der Waals surface area contributed by atoms with Crippen LogP contribution in [-0.2, 0) is 29.2 Å². The van der Waals surface area contributed by atoms with Gasteiger partial charge in [0.1, 0.15) is 5.75 Å². The van der Waals surface area contributed by atoms with Crippen LogP contribution in [0.25, 0.3) is 11.1 Å². The Morgan fingerprint density at radius 3 is 2.30 bits per heavy atom. The first-order valence-corrected chi connectivity index (χ1v) is 20.8. The van der Waals surface area contributed by atoms with Crippen LogP contribution in [0, 0.1) is 0 Å². The number of nitrogens with one attached hydrogen (secondary N) is 2. The summed E-state index contributed by atoms with van der Waals surface area (Å²) in [6, 6.07) is 29.6. The Labute approximate surface area is 329 Å². The quantitative estimate of drug-likeness (QED) is 0.0804. The first kappa shape index (κ1) is 40.5. The number of ether oxygens (including phenoxy) is 1. The number of rotatable bonds is 15. The molecular formula is C41H43F3N6O4S2. The van der Waals surface area contributed by atoms with Crippen molar-refractivity contribution in [3.05, 3.63) is 126 Å². The van der Waals surface area contributed by atoms with Gasteiger partial charge in [0, 0.05) is 55.6 Å². The topological polar surface area (TPSA) is 117 Å². The van der Waals surface area contributed by atoms with Crippen LogP contribution in [-0.4, -0.2) is 74.5 Å². The minimum absolute atomic E-state index is 0.205. The lowest BCUT2D eigenvalue weighted by Gasteiger charge is -2.35. The highest BCUT2D eigenvalue weighted by molar-refractivity contribution is 7.99. The van der Waals surface area contributed by atoms with E-state index in [0.717, 1.165) is 60.0 Å². The summed E-state index contributed by atoms with van der Waals surface area (Å²) in [5.74, 6) is 0.746. The Morgan fingerprint density at radius 1 is 0.839 bits per heavy atom. The third-order valence-electron chi connectivity index (χ3n) is 9.30. The molecule has 0 unspecified atom stereocenters. The van der Waals surface area contributed by atoms with E-state index in [9.17, 15) is 26.4 Å². The molecule has 2 heterocycles. The molecule has 294 valence electrons. The molecule has 15 heteroatoms. The van der Waals surface area contributed by atoms with Crippen molar-refractivity contribution in [1.29, 1.82) is 0 Å². The average Bonchev–Trinajstić information content (AvgIpc) is 3.20. The highest BCUT2D eigenvalue weighted by Gasteiger charge is 2.35. The molecule has 1 aromatic heterocycles. The standard InChI is InChI=1S/C41H43F3N6O4S2/c1-3-29-25-31(30-9-8-10-33(26-30)54-4-2)13-14-32(29)28-49-20-22-50(23-21-49)39-18-17-38(46-47-39)40(51)48-56(52,53)35-15-16-37(36(27-35)41(42,43)44)45-19-24-55-34-11-6-5-7-12-34/h5-18,25-27,45H,3-4,19-24,28H2,1-2H3,(H,48,51). The minimum Gasteiger partial charge on any atom is -0.494 e. The van der Waals surface area contributed by atoms with Crippen molar-refractivity contribution in [3.63, 3.8) is 0 Å². The second-order valence-electron chi connectivity index (χ2n) is 13.1. The highest BCUT2D eigenvalue weighted by Crippen LogP contribution is 2.36. The van der Waals surface area contributed by atoms with Crippen LogP contribution in [0.5, 0.6) is 5.75 Å². The molecule has 1 fully saturated rings. The van der Waals surface area contributed by atoms with Crippen molar-refractivity contribution in [2.75, 3.05) is 55.3 Å². The highest BCUT2D eigenvalue weighted by atomic mass is 32.2. The van der Waals surface area contributed by atoms with Gasteiger partial charge in [-0.1, -0.05) is 55.5 Å². The van der Waals surface area contributed by atoms with Crippen LogP contribution < -0.4 is 19.7 Å². The maximum absolute atomic E-state index is 14.0. The fraction of sp³-hybridized carbons (Fsp3) is 0.293. The largest absolute Gasteiger partial charge is 0.494 e. The van der Waals surface area contributed by atoms with Crippen molar-refractivity contribution in [1.82, 2.24) is 19.8 Å². The van der Waals surface area contributed by atoms with Crippen molar-refractivity contribution in [2.45, 2.75) is 42.8 Å². The van der Waals surface area contributed by atoms with E-state index in [1.54, 1.807) is 6.07 Å². The van der Waals surface area contributed by atoms with Gasteiger partial charge in [-0.15, -0.1) is 22.0 Å². The normalized spacial score (nSPS) is 13.7. The number of thioether (sulfide) groups is 1. The summed E-state index contributed by atoms with van der Waals surface area (Å²) in [7, 11) is -4.68. The third kappa shape index (κ3) is 10.4. The number of anilines is 2. The van der Waals surface area contributed by atoms with Gasteiger partial charge in [-0.3, -0.25) is 9.69 Å². The van der Waals surface area contributed by atoms with Gasteiger partial charge < -0.3 is 15.0 Å². The van der Waals surface area contributed by atoms with Crippen LogP contribution in [0.3, 0.4) is 0 Å². The summed E-state index contributed by atoms with van der Waals surface area (Å²) >= 11 is 1.47. The van der Waals surface area contributed by atoms with E-state index in [-0.39, 0.29) is 17.9 Å². The summed E-state index contributed by atoms with van der Waals surface area (Å²) in [6.45, 7) is 8.61. The Kier molecular flexibility index (Phi) is 13.2. The van der Waals surface area contributed by atoms with Gasteiger partial charge in [0.2, 0.25) is 0 Å². The van der Waals surface area contributed by atoms with Crippen LogP contribution in [0.1, 0.15) is 41.0 Å². The summed E-state index contributed by atoms with van der Waals surface area (Å²) in [6.07, 6.45) is -3.95. The van der Waals surface area contributed by atoms with Crippen molar-refractivity contribution < 1.29 is 31.1 Å². The molecule has 4 aromatic carbocycles. The number of carbonyl (C=O) groups excluding carboxylic acids is 1. The summed E-state index contributed by atoms with van der Waals surface area (Å²) < 4.78 is 75.6. The van der Waals surface area contributed by atoms with Gasteiger partial charge in [-0.05, 0) is 90.2 Å². The van der Waals surface area contributed by atoms with Crippen LogP contribution >= 0.6 is 11.8 Å². The van der Waals surface area contributed by atoms with Crippen molar-refractivity contribution in [3.8, 4) is 16.9 Å². The molecule has 1 amide bonds. The first-order chi connectivity index (χ1) is 26.9. The second-order valence-corrected chi connectivity index (χ2v) is 15.9. The lowest BCUT2D eigenvalue weighted by atomic mass is 9.97. The molecule has 0 radical (unpaired) electrons. The summed E-state index contributed by atoms with van der Waals surface area (Å²) in [4.78, 5) is 17.6. The van der Waals surface area contributed by atoms with Gasteiger partial charge in [-0.25, -0.2) is 13.1 Å². The number of amides is 1. The molecule has 10 nitrogen and oxygen atoms in total. The van der Waals surface area contributed by atoms with Gasteiger partial charge >= 0.3 is 6.18 Å². The van der Waals surface area contributed by atoms with Crippen LogP contribution in [0.2, 0.25) is 0 Å². The molecule has 1 aliphatic rings. The van der Waals surface area contributed by atoms with Gasteiger partial charge in [0.25, 0.3) is 15.9 Å². The summed E-state index contributed by atoms with van der Waals surface area (Å²) in [5.41, 5.74) is 3.09. The number of sulfonamides is 1. The molecule has 6 rings (SSSR count). The van der Waals surface area contributed by atoms with E-state index >= 15 is 0 Å². The number of aromatic nitrogens is 2. The van der Waals surface area contributed by atoms with E-state index in [2.05, 4.69) is 57.7 Å². The maximum atomic E-state index is 14.0. The fourth-order valence-electron chi connectivity index (χ4n) is 6.40. The molecule has 1 aliphatic heterocycles. The monoisotopic (exact) mass is 804 g/mol. The second kappa shape index (κ2) is 18.2. The van der Waals surface area contributed by atoms with Crippen molar-refractivity contribution >= 4 is 39.2 Å². The number of hydrogen-bond donors (Lipinski definition) is 2. The van der Waals surface area contributed by atoms with Gasteiger partial charge in [0.15, 0.2) is 11.5 Å². The van der Waals surface area contributed by atoms with E-state index in [1.807, 2.05) is 59.0 Å². The number of benzene rings is 4. The number of nitrogens with zero attached hydrogens (tertiary/aromatic N) is 4. The SMILES string of the molecule is CCOc1cccc(-c2ccc(CN3CCN(c4ccc(C(=O)NS(=O)(=O)c5ccc(NCCSc6ccccc6)c(C(F)(F)F)c5)nn4)CC3)c(CC)c2)c1. The molecule has 1 saturated heterocycles.